The van der Waals surface area contributed by atoms with Gasteiger partial charge in [-0.25, -0.2) is 4.98 Å². The Balaban J connectivity index is 2.17. The number of nitrogens with one attached hydrogen (secondary N) is 1. The summed E-state index contributed by atoms with van der Waals surface area (Å²) >= 11 is 11.9. The number of aromatic nitrogens is 1. The van der Waals surface area contributed by atoms with E-state index in [0.717, 1.165) is 5.56 Å². The lowest BCUT2D eigenvalue weighted by Crippen LogP contribution is -2.13. The van der Waals surface area contributed by atoms with Crippen molar-refractivity contribution >= 4 is 29.0 Å². The van der Waals surface area contributed by atoms with E-state index in [-0.39, 0.29) is 12.4 Å². The Hall–Kier alpha value is -1.78. The maximum absolute atomic E-state index is 7.44. The van der Waals surface area contributed by atoms with Crippen LogP contribution in [0.4, 0.5) is 0 Å². The Morgan fingerprint density at radius 2 is 2.11 bits per heavy atom. The number of nitrogen functional groups attached to an aromatic ring is 1. The molecule has 1 heterocycles. The fraction of sp³-hybridized carbons (Fsp3) is 0.0769. The Bertz CT molecular complexity index is 617. The Morgan fingerprint density at radius 3 is 2.79 bits per heavy atom. The zero-order valence-electron chi connectivity index (χ0n) is 9.86. The van der Waals surface area contributed by atoms with Gasteiger partial charge < -0.3 is 10.5 Å². The molecule has 3 N–H and O–H groups in total. The standard InChI is InChI=1S/C13H11Cl2N3O/c14-9-4-3-8(11(15)6-9)7-19-13-10(12(16)17)2-1-5-18-13/h1-6H,7H2,(H3,16,17). The lowest BCUT2D eigenvalue weighted by Gasteiger charge is -2.10. The molecular weight excluding hydrogens is 285 g/mol. The number of ether oxygens (including phenoxy) is 1. The normalized spacial score (nSPS) is 10.2. The van der Waals surface area contributed by atoms with Crippen LogP contribution in [0.25, 0.3) is 0 Å². The number of nitrogens with two attached hydrogens (primary N) is 1. The Labute approximate surface area is 120 Å². The van der Waals surface area contributed by atoms with Crippen molar-refractivity contribution in [3.05, 3.63) is 57.7 Å². The maximum atomic E-state index is 7.44. The van der Waals surface area contributed by atoms with Crippen LogP contribution in [-0.2, 0) is 6.61 Å². The molecule has 1 aromatic carbocycles. The van der Waals surface area contributed by atoms with Gasteiger partial charge in [-0.1, -0.05) is 29.3 Å². The van der Waals surface area contributed by atoms with Gasteiger partial charge in [0, 0.05) is 21.8 Å². The first kappa shape index (κ1) is 13.6. The molecule has 0 aliphatic heterocycles. The number of hydrogen-bond donors (Lipinski definition) is 2. The van der Waals surface area contributed by atoms with E-state index in [1.54, 1.807) is 36.5 Å². The smallest absolute Gasteiger partial charge is 0.224 e. The van der Waals surface area contributed by atoms with Crippen LogP contribution in [0.2, 0.25) is 10.0 Å². The highest BCUT2D eigenvalue weighted by molar-refractivity contribution is 6.35. The monoisotopic (exact) mass is 295 g/mol. The number of amidine groups is 1. The van der Waals surface area contributed by atoms with Crippen molar-refractivity contribution < 1.29 is 4.74 Å². The third kappa shape index (κ3) is 3.36. The second-order valence-corrected chi connectivity index (χ2v) is 4.64. The second kappa shape index (κ2) is 5.91. The average molecular weight is 296 g/mol. The lowest BCUT2D eigenvalue weighted by atomic mass is 10.2. The van der Waals surface area contributed by atoms with Gasteiger partial charge >= 0.3 is 0 Å². The van der Waals surface area contributed by atoms with Gasteiger partial charge in [0.25, 0.3) is 0 Å². The molecule has 0 saturated heterocycles. The van der Waals surface area contributed by atoms with Crippen LogP contribution < -0.4 is 10.5 Å². The van der Waals surface area contributed by atoms with Crippen LogP contribution in [0, 0.1) is 5.41 Å². The van der Waals surface area contributed by atoms with Crippen LogP contribution in [0.3, 0.4) is 0 Å². The summed E-state index contributed by atoms with van der Waals surface area (Å²) in [5, 5.41) is 8.53. The highest BCUT2D eigenvalue weighted by atomic mass is 35.5. The summed E-state index contributed by atoms with van der Waals surface area (Å²) < 4.78 is 5.55. The van der Waals surface area contributed by atoms with Crippen LogP contribution in [0.1, 0.15) is 11.1 Å². The van der Waals surface area contributed by atoms with Crippen LogP contribution in [0.15, 0.2) is 36.5 Å². The molecule has 2 aromatic rings. The summed E-state index contributed by atoms with van der Waals surface area (Å²) in [6.45, 7) is 0.229. The first-order valence-corrected chi connectivity index (χ1v) is 6.19. The van der Waals surface area contributed by atoms with Gasteiger partial charge in [-0.05, 0) is 24.3 Å². The molecule has 0 atom stereocenters. The minimum Gasteiger partial charge on any atom is -0.472 e. The third-order valence-corrected chi connectivity index (χ3v) is 3.03. The third-order valence-electron chi connectivity index (χ3n) is 2.44. The Morgan fingerprint density at radius 1 is 1.32 bits per heavy atom. The molecule has 4 nitrogen and oxygen atoms in total. The summed E-state index contributed by atoms with van der Waals surface area (Å²) in [7, 11) is 0. The number of benzene rings is 1. The van der Waals surface area contributed by atoms with E-state index in [9.17, 15) is 0 Å². The zero-order valence-corrected chi connectivity index (χ0v) is 11.4. The summed E-state index contributed by atoms with van der Waals surface area (Å²) in [5.74, 6) is 0.214. The van der Waals surface area contributed by atoms with Crippen molar-refractivity contribution in [2.75, 3.05) is 0 Å². The van der Waals surface area contributed by atoms with E-state index < -0.39 is 0 Å². The van der Waals surface area contributed by atoms with Gasteiger partial charge in [-0.15, -0.1) is 0 Å². The van der Waals surface area contributed by atoms with Gasteiger partial charge in [0.2, 0.25) is 5.88 Å². The molecule has 6 heteroatoms. The summed E-state index contributed by atoms with van der Waals surface area (Å²) in [5.41, 5.74) is 6.69. The highest BCUT2D eigenvalue weighted by Crippen LogP contribution is 2.23. The fourth-order valence-corrected chi connectivity index (χ4v) is 1.96. The van der Waals surface area contributed by atoms with Crippen LogP contribution in [0.5, 0.6) is 5.88 Å². The number of nitrogens with zero attached hydrogens (tertiary/aromatic N) is 1. The van der Waals surface area contributed by atoms with E-state index in [1.807, 2.05) is 0 Å². The minimum absolute atomic E-state index is 0.0923. The molecule has 19 heavy (non-hydrogen) atoms. The molecule has 2 rings (SSSR count). The minimum atomic E-state index is -0.0923. The van der Waals surface area contributed by atoms with E-state index in [1.165, 1.54) is 0 Å². The molecule has 0 aliphatic rings. The van der Waals surface area contributed by atoms with Gasteiger partial charge in [0.1, 0.15) is 12.4 Å². The quantitative estimate of drug-likeness (QED) is 0.672. The topological polar surface area (TPSA) is 72.0 Å². The maximum Gasteiger partial charge on any atom is 0.224 e. The van der Waals surface area contributed by atoms with Gasteiger partial charge in [-0.2, -0.15) is 0 Å². The molecule has 0 fully saturated rings. The molecule has 0 amide bonds. The van der Waals surface area contributed by atoms with Crippen molar-refractivity contribution in [2.24, 2.45) is 5.73 Å². The molecule has 0 unspecified atom stereocenters. The largest absolute Gasteiger partial charge is 0.472 e. The van der Waals surface area contributed by atoms with E-state index in [0.29, 0.717) is 21.5 Å². The number of rotatable bonds is 4. The summed E-state index contributed by atoms with van der Waals surface area (Å²) in [6, 6.07) is 8.52. The van der Waals surface area contributed by atoms with E-state index in [2.05, 4.69) is 4.98 Å². The van der Waals surface area contributed by atoms with Crippen LogP contribution >= 0.6 is 23.2 Å². The number of pyridine rings is 1. The first-order chi connectivity index (χ1) is 9.08. The SMILES string of the molecule is N=C(N)c1cccnc1OCc1ccc(Cl)cc1Cl. The number of halogens is 2. The predicted molar refractivity (Wildman–Crippen MR) is 76.0 cm³/mol. The first-order valence-electron chi connectivity index (χ1n) is 5.44. The molecule has 0 spiro atoms. The molecule has 0 bridgehead atoms. The van der Waals surface area contributed by atoms with Crippen molar-refractivity contribution in [1.82, 2.24) is 4.98 Å². The van der Waals surface area contributed by atoms with Crippen molar-refractivity contribution in [1.29, 1.82) is 5.41 Å². The average Bonchev–Trinajstić information content (AvgIpc) is 2.38. The second-order valence-electron chi connectivity index (χ2n) is 3.79. The van der Waals surface area contributed by atoms with E-state index in [4.69, 9.17) is 39.1 Å². The van der Waals surface area contributed by atoms with Crippen LogP contribution in [-0.4, -0.2) is 10.8 Å². The molecular formula is C13H11Cl2N3O. The molecule has 98 valence electrons. The van der Waals surface area contributed by atoms with Gasteiger partial charge in [-0.3, -0.25) is 5.41 Å². The summed E-state index contributed by atoms with van der Waals surface area (Å²) in [6.07, 6.45) is 1.57. The van der Waals surface area contributed by atoms with Crippen molar-refractivity contribution in [3.8, 4) is 5.88 Å². The van der Waals surface area contributed by atoms with Crippen molar-refractivity contribution in [2.45, 2.75) is 6.61 Å². The van der Waals surface area contributed by atoms with Crippen molar-refractivity contribution in [3.63, 3.8) is 0 Å². The summed E-state index contributed by atoms with van der Waals surface area (Å²) in [4.78, 5) is 4.05. The zero-order chi connectivity index (χ0) is 13.8. The van der Waals surface area contributed by atoms with Gasteiger partial charge in [0.15, 0.2) is 0 Å². The molecule has 0 saturated carbocycles. The highest BCUT2D eigenvalue weighted by Gasteiger charge is 2.09. The number of hydrogen-bond acceptors (Lipinski definition) is 3. The predicted octanol–water partition coefficient (Wildman–Crippen LogP) is 3.25. The molecule has 0 aliphatic carbocycles. The van der Waals surface area contributed by atoms with E-state index >= 15 is 0 Å². The van der Waals surface area contributed by atoms with Gasteiger partial charge in [0.05, 0.1) is 5.56 Å². The molecule has 1 aromatic heterocycles. The fourth-order valence-electron chi connectivity index (χ4n) is 1.50. The lowest BCUT2D eigenvalue weighted by molar-refractivity contribution is 0.293. The molecule has 0 radical (unpaired) electrons. The Kier molecular flexibility index (Phi) is 4.24.